The van der Waals surface area contributed by atoms with Crippen LogP contribution in [0.4, 0.5) is 13.2 Å². The molecule has 0 saturated carbocycles. The van der Waals surface area contributed by atoms with E-state index in [1.54, 1.807) is 0 Å². The standard InChI is InChI=1S/C15H18F3NO3/c1-22-14(21)6-7-19-9-12(20)8-13(19)10-2-4-11(5-3-10)15(16,17)18/h2-5,12-13,20H,6-9H2,1H3/t12-,13+/m1/s1. The van der Waals surface area contributed by atoms with E-state index in [9.17, 15) is 23.1 Å². The number of aliphatic hydroxyl groups excluding tert-OH is 1. The van der Waals surface area contributed by atoms with Crippen LogP contribution in [0.2, 0.25) is 0 Å². The van der Waals surface area contributed by atoms with Crippen molar-refractivity contribution in [2.45, 2.75) is 31.2 Å². The van der Waals surface area contributed by atoms with Crippen molar-refractivity contribution in [3.8, 4) is 0 Å². The summed E-state index contributed by atoms with van der Waals surface area (Å²) in [5.41, 5.74) is 0.00493. The molecule has 0 spiro atoms. The molecule has 0 amide bonds. The average molecular weight is 317 g/mol. The molecule has 1 heterocycles. The number of nitrogens with zero attached hydrogens (tertiary/aromatic N) is 1. The molecule has 0 aliphatic carbocycles. The largest absolute Gasteiger partial charge is 0.469 e. The van der Waals surface area contributed by atoms with Gasteiger partial charge in [-0.25, -0.2) is 0 Å². The summed E-state index contributed by atoms with van der Waals surface area (Å²) in [6.45, 7) is 0.790. The van der Waals surface area contributed by atoms with E-state index in [1.165, 1.54) is 19.2 Å². The van der Waals surface area contributed by atoms with Crippen LogP contribution in [0.5, 0.6) is 0 Å². The number of aliphatic hydroxyl groups is 1. The summed E-state index contributed by atoms with van der Waals surface area (Å²) in [4.78, 5) is 13.1. The molecule has 1 aromatic carbocycles. The third-order valence-electron chi connectivity index (χ3n) is 3.83. The maximum absolute atomic E-state index is 12.6. The molecule has 0 unspecified atom stereocenters. The third kappa shape index (κ3) is 3.98. The van der Waals surface area contributed by atoms with Gasteiger partial charge in [-0.3, -0.25) is 9.69 Å². The highest BCUT2D eigenvalue weighted by atomic mass is 19.4. The molecule has 0 bridgehead atoms. The second-order valence-electron chi connectivity index (χ2n) is 5.35. The number of alkyl halides is 3. The Kier molecular flexibility index (Phi) is 5.08. The monoisotopic (exact) mass is 317 g/mol. The van der Waals surface area contributed by atoms with Crippen LogP contribution >= 0.6 is 0 Å². The van der Waals surface area contributed by atoms with Crippen LogP contribution in [0.1, 0.15) is 30.0 Å². The lowest BCUT2D eigenvalue weighted by atomic mass is 10.0. The highest BCUT2D eigenvalue weighted by Crippen LogP contribution is 2.35. The Morgan fingerprint density at radius 1 is 1.36 bits per heavy atom. The van der Waals surface area contributed by atoms with Crippen LogP contribution in [-0.4, -0.2) is 42.3 Å². The smallest absolute Gasteiger partial charge is 0.416 e. The van der Waals surface area contributed by atoms with Crippen molar-refractivity contribution < 1.29 is 27.8 Å². The summed E-state index contributed by atoms with van der Waals surface area (Å²) in [5, 5.41) is 9.80. The zero-order valence-electron chi connectivity index (χ0n) is 12.1. The molecule has 1 fully saturated rings. The van der Waals surface area contributed by atoms with Gasteiger partial charge >= 0.3 is 12.1 Å². The van der Waals surface area contributed by atoms with Crippen LogP contribution < -0.4 is 0 Å². The predicted molar refractivity (Wildman–Crippen MR) is 73.0 cm³/mol. The van der Waals surface area contributed by atoms with Gasteiger partial charge in [0.15, 0.2) is 0 Å². The number of carbonyl (C=O) groups excluding carboxylic acids is 1. The number of β-amino-alcohol motifs (C(OH)–C–C–N with tert-alkyl or cyclic N) is 1. The average Bonchev–Trinajstić information content (AvgIpc) is 2.85. The number of hydrogen-bond donors (Lipinski definition) is 1. The van der Waals surface area contributed by atoms with Crippen molar-refractivity contribution in [2.75, 3.05) is 20.2 Å². The lowest BCUT2D eigenvalue weighted by molar-refractivity contribution is -0.141. The van der Waals surface area contributed by atoms with E-state index in [-0.39, 0.29) is 18.4 Å². The molecule has 1 N–H and O–H groups in total. The van der Waals surface area contributed by atoms with Crippen LogP contribution in [0, 0.1) is 0 Å². The maximum Gasteiger partial charge on any atom is 0.416 e. The van der Waals surface area contributed by atoms with Gasteiger partial charge in [0.05, 0.1) is 25.2 Å². The fourth-order valence-corrected chi connectivity index (χ4v) is 2.70. The number of ether oxygens (including phenoxy) is 1. The normalized spacial score (nSPS) is 22.8. The minimum absolute atomic E-state index is 0.181. The third-order valence-corrected chi connectivity index (χ3v) is 3.83. The summed E-state index contributed by atoms with van der Waals surface area (Å²) >= 11 is 0. The van der Waals surface area contributed by atoms with E-state index in [0.29, 0.717) is 25.1 Å². The molecule has 1 aliphatic heterocycles. The molecular weight excluding hydrogens is 299 g/mol. The zero-order valence-corrected chi connectivity index (χ0v) is 12.1. The summed E-state index contributed by atoms with van der Waals surface area (Å²) in [5.74, 6) is -0.354. The number of carbonyl (C=O) groups is 1. The number of likely N-dealkylation sites (tertiary alicyclic amines) is 1. The van der Waals surface area contributed by atoms with Crippen molar-refractivity contribution in [1.82, 2.24) is 4.90 Å². The lowest BCUT2D eigenvalue weighted by Gasteiger charge is -2.24. The molecule has 22 heavy (non-hydrogen) atoms. The van der Waals surface area contributed by atoms with Crippen LogP contribution in [0.3, 0.4) is 0 Å². The second kappa shape index (κ2) is 6.66. The molecule has 0 aromatic heterocycles. The number of halogens is 3. The molecule has 4 nitrogen and oxygen atoms in total. The van der Waals surface area contributed by atoms with E-state index in [2.05, 4.69) is 4.74 Å². The van der Waals surface area contributed by atoms with Gasteiger partial charge in [-0.05, 0) is 24.1 Å². The number of esters is 1. The minimum Gasteiger partial charge on any atom is -0.469 e. The quantitative estimate of drug-likeness (QED) is 0.866. The molecule has 0 radical (unpaired) electrons. The van der Waals surface area contributed by atoms with Gasteiger partial charge in [0.1, 0.15) is 0 Å². The second-order valence-corrected chi connectivity index (χ2v) is 5.35. The highest BCUT2D eigenvalue weighted by molar-refractivity contribution is 5.69. The Labute approximate surface area is 126 Å². The number of hydrogen-bond acceptors (Lipinski definition) is 4. The molecule has 7 heteroatoms. The van der Waals surface area contributed by atoms with Crippen molar-refractivity contribution in [2.24, 2.45) is 0 Å². The van der Waals surface area contributed by atoms with Gasteiger partial charge in [-0.2, -0.15) is 13.2 Å². The van der Waals surface area contributed by atoms with E-state index in [1.807, 2.05) is 4.90 Å². The molecular formula is C15H18F3NO3. The van der Waals surface area contributed by atoms with Gasteiger partial charge in [-0.1, -0.05) is 12.1 Å². The topological polar surface area (TPSA) is 49.8 Å². The van der Waals surface area contributed by atoms with E-state index >= 15 is 0 Å². The molecule has 2 rings (SSSR count). The molecule has 1 aliphatic rings. The zero-order chi connectivity index (χ0) is 16.3. The number of rotatable bonds is 4. The Morgan fingerprint density at radius 3 is 2.55 bits per heavy atom. The molecule has 122 valence electrons. The van der Waals surface area contributed by atoms with Crippen molar-refractivity contribution in [1.29, 1.82) is 0 Å². The predicted octanol–water partition coefficient (Wildman–Crippen LogP) is 2.38. The lowest BCUT2D eigenvalue weighted by Crippen LogP contribution is -2.27. The Balaban J connectivity index is 2.09. The van der Waals surface area contributed by atoms with E-state index in [4.69, 9.17) is 0 Å². The number of methoxy groups -OCH3 is 1. The summed E-state index contributed by atoms with van der Waals surface area (Å²) in [6, 6.07) is 4.74. The van der Waals surface area contributed by atoms with Crippen molar-refractivity contribution >= 4 is 5.97 Å². The maximum atomic E-state index is 12.6. The van der Waals surface area contributed by atoms with Crippen molar-refractivity contribution in [3.63, 3.8) is 0 Å². The first-order valence-corrected chi connectivity index (χ1v) is 6.97. The van der Waals surface area contributed by atoms with Crippen LogP contribution in [0.15, 0.2) is 24.3 Å². The van der Waals surface area contributed by atoms with Gasteiger partial charge in [0.2, 0.25) is 0 Å². The SMILES string of the molecule is COC(=O)CCN1C[C@H](O)C[C@H]1c1ccc(C(F)(F)F)cc1. The van der Waals surface area contributed by atoms with E-state index < -0.39 is 17.8 Å². The Hall–Kier alpha value is -1.60. The van der Waals surface area contributed by atoms with Crippen LogP contribution in [0.25, 0.3) is 0 Å². The first kappa shape index (κ1) is 16.8. The summed E-state index contributed by atoms with van der Waals surface area (Å²) < 4.78 is 42.3. The molecule has 1 aromatic rings. The van der Waals surface area contributed by atoms with Gasteiger partial charge < -0.3 is 9.84 Å². The Bertz CT molecular complexity index is 516. The first-order valence-electron chi connectivity index (χ1n) is 6.97. The molecule has 1 saturated heterocycles. The highest BCUT2D eigenvalue weighted by Gasteiger charge is 2.34. The fourth-order valence-electron chi connectivity index (χ4n) is 2.70. The fraction of sp³-hybridized carbons (Fsp3) is 0.533. The minimum atomic E-state index is -4.36. The Morgan fingerprint density at radius 2 is 2.00 bits per heavy atom. The molecule has 2 atom stereocenters. The number of benzene rings is 1. The van der Waals surface area contributed by atoms with Crippen LogP contribution in [-0.2, 0) is 15.7 Å². The van der Waals surface area contributed by atoms with Gasteiger partial charge in [0.25, 0.3) is 0 Å². The summed E-state index contributed by atoms with van der Waals surface area (Å²) in [6.07, 6.45) is -4.30. The first-order chi connectivity index (χ1) is 10.3. The van der Waals surface area contributed by atoms with E-state index in [0.717, 1.165) is 12.1 Å². The summed E-state index contributed by atoms with van der Waals surface area (Å²) in [7, 11) is 1.30. The van der Waals surface area contributed by atoms with Gasteiger partial charge in [-0.15, -0.1) is 0 Å². The van der Waals surface area contributed by atoms with Crippen molar-refractivity contribution in [3.05, 3.63) is 35.4 Å². The van der Waals surface area contributed by atoms with Gasteiger partial charge in [0, 0.05) is 19.1 Å².